The van der Waals surface area contributed by atoms with Crippen molar-refractivity contribution in [1.29, 1.82) is 0 Å². The normalized spacial score (nSPS) is 13.6. The van der Waals surface area contributed by atoms with E-state index in [-0.39, 0.29) is 11.8 Å². The molecule has 0 aliphatic heterocycles. The number of ether oxygens (including phenoxy) is 1. The number of anilines is 4. The molecule has 3 N–H and O–H groups in total. The first-order valence-corrected chi connectivity index (χ1v) is 12.5. The summed E-state index contributed by atoms with van der Waals surface area (Å²) in [5.74, 6) is 1.71. The van der Waals surface area contributed by atoms with Crippen molar-refractivity contribution in [3.8, 4) is 5.75 Å². The summed E-state index contributed by atoms with van der Waals surface area (Å²) in [6.45, 7) is 4.22. The predicted octanol–water partition coefficient (Wildman–Crippen LogP) is 4.82. The van der Waals surface area contributed by atoms with Crippen LogP contribution in [0.1, 0.15) is 29.5 Å². The molecular formula is C23H26ClN5O3S. The average molecular weight is 488 g/mol. The number of hydrogen-bond acceptors (Lipinski definition) is 7. The van der Waals surface area contributed by atoms with Crippen molar-refractivity contribution in [2.24, 2.45) is 0 Å². The van der Waals surface area contributed by atoms with E-state index in [0.29, 0.717) is 16.8 Å². The van der Waals surface area contributed by atoms with Crippen LogP contribution in [0.2, 0.25) is 5.02 Å². The molecule has 1 saturated carbocycles. The van der Waals surface area contributed by atoms with E-state index >= 15 is 0 Å². The van der Waals surface area contributed by atoms with Crippen molar-refractivity contribution >= 4 is 44.8 Å². The smallest absolute Gasteiger partial charge is 0.229 e. The molecule has 0 bridgehead atoms. The van der Waals surface area contributed by atoms with Gasteiger partial charge in [-0.1, -0.05) is 23.7 Å². The van der Waals surface area contributed by atoms with Gasteiger partial charge in [0.25, 0.3) is 0 Å². The molecule has 0 unspecified atom stereocenters. The van der Waals surface area contributed by atoms with Gasteiger partial charge in [-0.2, -0.15) is 4.98 Å². The molecule has 3 aromatic rings. The Morgan fingerprint density at radius 2 is 1.73 bits per heavy atom. The minimum atomic E-state index is -3.20. The van der Waals surface area contributed by atoms with Gasteiger partial charge in [0.15, 0.2) is 5.82 Å². The highest BCUT2D eigenvalue weighted by atomic mass is 35.5. The molecule has 4 rings (SSSR count). The van der Waals surface area contributed by atoms with Crippen LogP contribution in [0.25, 0.3) is 0 Å². The summed E-state index contributed by atoms with van der Waals surface area (Å²) in [4.78, 5) is 8.76. The van der Waals surface area contributed by atoms with E-state index in [1.807, 2.05) is 50.2 Å². The standard InChI is InChI=1S/C23H26ClN5O3S/c1-14-10-18(11-15(2)21(14)32-3)28-23-25-13-20(24)22(29-23)27-17-6-4-16(5-7-17)12-26-33(30,31)19-8-9-19/h4-7,10-11,13,19,26H,8-9,12H2,1-3H3,(H2,25,27,28,29). The Morgan fingerprint density at radius 1 is 1.06 bits per heavy atom. The van der Waals surface area contributed by atoms with Gasteiger partial charge in [0.05, 0.1) is 18.6 Å². The average Bonchev–Trinajstić information content (AvgIpc) is 3.62. The number of halogens is 1. The van der Waals surface area contributed by atoms with E-state index in [1.165, 1.54) is 6.20 Å². The summed E-state index contributed by atoms with van der Waals surface area (Å²) >= 11 is 6.30. The van der Waals surface area contributed by atoms with Crippen molar-refractivity contribution < 1.29 is 13.2 Å². The number of rotatable bonds is 9. The zero-order chi connectivity index (χ0) is 23.6. The van der Waals surface area contributed by atoms with Gasteiger partial charge in [-0.25, -0.2) is 18.1 Å². The van der Waals surface area contributed by atoms with Gasteiger partial charge in [0.2, 0.25) is 16.0 Å². The Labute approximate surface area is 198 Å². The minimum Gasteiger partial charge on any atom is -0.496 e. The maximum absolute atomic E-state index is 12.0. The molecule has 0 amide bonds. The molecule has 2 aromatic carbocycles. The molecule has 0 atom stereocenters. The molecule has 1 heterocycles. The molecule has 8 nitrogen and oxygen atoms in total. The van der Waals surface area contributed by atoms with Crippen molar-refractivity contribution in [1.82, 2.24) is 14.7 Å². The van der Waals surface area contributed by atoms with Gasteiger partial charge >= 0.3 is 0 Å². The van der Waals surface area contributed by atoms with Crippen LogP contribution in [-0.4, -0.2) is 30.7 Å². The van der Waals surface area contributed by atoms with Crippen molar-refractivity contribution in [2.45, 2.75) is 38.5 Å². The van der Waals surface area contributed by atoms with Crippen LogP contribution in [-0.2, 0) is 16.6 Å². The lowest BCUT2D eigenvalue weighted by Gasteiger charge is -2.13. The fraction of sp³-hybridized carbons (Fsp3) is 0.304. The minimum absolute atomic E-state index is 0.230. The Balaban J connectivity index is 1.44. The van der Waals surface area contributed by atoms with Crippen molar-refractivity contribution in [2.75, 3.05) is 17.7 Å². The molecular weight excluding hydrogens is 462 g/mol. The van der Waals surface area contributed by atoms with Crippen molar-refractivity contribution in [3.05, 3.63) is 64.3 Å². The fourth-order valence-electron chi connectivity index (χ4n) is 3.51. The summed E-state index contributed by atoms with van der Waals surface area (Å²) in [6, 6.07) is 11.3. The van der Waals surface area contributed by atoms with Crippen LogP contribution in [0.3, 0.4) is 0 Å². The highest BCUT2D eigenvalue weighted by molar-refractivity contribution is 7.90. The second kappa shape index (κ2) is 9.54. The van der Waals surface area contributed by atoms with Gasteiger partial charge < -0.3 is 15.4 Å². The number of nitrogens with one attached hydrogen (secondary N) is 3. The number of hydrogen-bond donors (Lipinski definition) is 3. The number of nitrogens with zero attached hydrogens (tertiary/aromatic N) is 2. The molecule has 174 valence electrons. The Bertz CT molecular complexity index is 1240. The second-order valence-electron chi connectivity index (χ2n) is 8.05. The molecule has 1 aliphatic carbocycles. The third-order valence-corrected chi connectivity index (χ3v) is 7.49. The second-order valence-corrected chi connectivity index (χ2v) is 10.5. The van der Waals surface area contributed by atoms with Crippen LogP contribution in [0.4, 0.5) is 23.1 Å². The fourth-order valence-corrected chi connectivity index (χ4v) is 5.01. The summed E-state index contributed by atoms with van der Waals surface area (Å²) in [6.07, 6.45) is 3.02. The summed E-state index contributed by atoms with van der Waals surface area (Å²) in [5, 5.41) is 6.54. The number of aromatic nitrogens is 2. The topological polar surface area (TPSA) is 105 Å². The van der Waals surface area contributed by atoms with Gasteiger partial charge in [0, 0.05) is 17.9 Å². The lowest BCUT2D eigenvalue weighted by Crippen LogP contribution is -2.26. The first kappa shape index (κ1) is 23.3. The first-order chi connectivity index (χ1) is 15.7. The maximum Gasteiger partial charge on any atom is 0.229 e. The van der Waals surface area contributed by atoms with Gasteiger partial charge in [0.1, 0.15) is 10.8 Å². The monoisotopic (exact) mass is 487 g/mol. The highest BCUT2D eigenvalue weighted by Crippen LogP contribution is 2.30. The molecule has 1 aromatic heterocycles. The maximum atomic E-state index is 12.0. The van der Waals surface area contributed by atoms with E-state index in [1.54, 1.807) is 7.11 Å². The molecule has 1 fully saturated rings. The third kappa shape index (κ3) is 5.73. The first-order valence-electron chi connectivity index (χ1n) is 10.5. The Hall–Kier alpha value is -2.88. The van der Waals surface area contributed by atoms with Crippen LogP contribution >= 0.6 is 11.6 Å². The zero-order valence-electron chi connectivity index (χ0n) is 18.6. The van der Waals surface area contributed by atoms with Gasteiger partial charge in [-0.15, -0.1) is 0 Å². The molecule has 10 heteroatoms. The number of methoxy groups -OCH3 is 1. The molecule has 33 heavy (non-hydrogen) atoms. The lowest BCUT2D eigenvalue weighted by atomic mass is 10.1. The summed E-state index contributed by atoms with van der Waals surface area (Å²) in [7, 11) is -1.55. The zero-order valence-corrected chi connectivity index (χ0v) is 20.2. The number of aryl methyl sites for hydroxylation is 2. The number of sulfonamides is 1. The quantitative estimate of drug-likeness (QED) is 0.397. The molecule has 1 aliphatic rings. The summed E-state index contributed by atoms with van der Waals surface area (Å²) < 4.78 is 32.0. The third-order valence-electron chi connectivity index (χ3n) is 5.32. The van der Waals surface area contributed by atoms with E-state index in [4.69, 9.17) is 16.3 Å². The largest absolute Gasteiger partial charge is 0.496 e. The van der Waals surface area contributed by atoms with E-state index < -0.39 is 10.0 Å². The van der Waals surface area contributed by atoms with E-state index in [0.717, 1.165) is 46.7 Å². The van der Waals surface area contributed by atoms with Crippen LogP contribution in [0.5, 0.6) is 5.75 Å². The Morgan fingerprint density at radius 3 is 2.33 bits per heavy atom. The predicted molar refractivity (Wildman–Crippen MR) is 131 cm³/mol. The SMILES string of the molecule is COc1c(C)cc(Nc2ncc(Cl)c(Nc3ccc(CNS(=O)(=O)C4CC4)cc3)n2)cc1C. The van der Waals surface area contributed by atoms with Crippen LogP contribution in [0, 0.1) is 13.8 Å². The molecule has 0 saturated heterocycles. The van der Waals surface area contributed by atoms with Gasteiger partial charge in [-0.3, -0.25) is 0 Å². The Kier molecular flexibility index (Phi) is 6.73. The molecule has 0 spiro atoms. The van der Waals surface area contributed by atoms with Crippen LogP contribution in [0.15, 0.2) is 42.6 Å². The highest BCUT2D eigenvalue weighted by Gasteiger charge is 2.35. The van der Waals surface area contributed by atoms with Gasteiger partial charge in [-0.05, 0) is 67.6 Å². The van der Waals surface area contributed by atoms with Crippen LogP contribution < -0.4 is 20.1 Å². The van der Waals surface area contributed by atoms with E-state index in [2.05, 4.69) is 25.3 Å². The number of benzene rings is 2. The summed E-state index contributed by atoms with van der Waals surface area (Å²) in [5.41, 5.74) is 4.49. The van der Waals surface area contributed by atoms with Crippen molar-refractivity contribution in [3.63, 3.8) is 0 Å². The molecule has 0 radical (unpaired) electrons. The van der Waals surface area contributed by atoms with E-state index in [9.17, 15) is 8.42 Å². The lowest BCUT2D eigenvalue weighted by molar-refractivity contribution is 0.408.